The van der Waals surface area contributed by atoms with E-state index in [1.165, 1.54) is 43.5 Å². The zero-order chi connectivity index (χ0) is 15.3. The standard InChI is InChI=1S/C19H32N2/c1-5-16-8-10-17(11-9-16)18(20-4)14-21-13-12-19(6-2,7-3)15-21/h8-11,18,20H,5-7,12-15H2,1-4H3. The highest BCUT2D eigenvalue weighted by atomic mass is 15.2. The van der Waals surface area contributed by atoms with Gasteiger partial charge in [0, 0.05) is 19.1 Å². The average molecular weight is 288 g/mol. The number of nitrogens with one attached hydrogen (secondary N) is 1. The van der Waals surface area contributed by atoms with Gasteiger partial charge in [0.25, 0.3) is 0 Å². The Hall–Kier alpha value is -0.860. The molecular formula is C19H32N2. The van der Waals surface area contributed by atoms with E-state index >= 15 is 0 Å². The number of rotatable bonds is 7. The van der Waals surface area contributed by atoms with E-state index in [2.05, 4.69) is 62.3 Å². The van der Waals surface area contributed by atoms with Crippen LogP contribution < -0.4 is 5.32 Å². The number of likely N-dealkylation sites (tertiary alicyclic amines) is 1. The summed E-state index contributed by atoms with van der Waals surface area (Å²) in [4.78, 5) is 2.65. The van der Waals surface area contributed by atoms with Crippen molar-refractivity contribution in [2.45, 2.75) is 52.5 Å². The molecule has 1 aromatic carbocycles. The fourth-order valence-corrected chi connectivity index (χ4v) is 3.62. The van der Waals surface area contributed by atoms with Gasteiger partial charge in [-0.2, -0.15) is 0 Å². The van der Waals surface area contributed by atoms with Crippen molar-refractivity contribution in [1.82, 2.24) is 10.2 Å². The minimum Gasteiger partial charge on any atom is -0.312 e. The van der Waals surface area contributed by atoms with Crippen LogP contribution in [-0.4, -0.2) is 31.6 Å². The molecule has 1 fully saturated rings. The summed E-state index contributed by atoms with van der Waals surface area (Å²) in [5, 5.41) is 3.50. The molecule has 1 saturated heterocycles. The number of likely N-dealkylation sites (N-methyl/N-ethyl adjacent to an activating group) is 1. The molecule has 1 unspecified atom stereocenters. The molecule has 1 aliphatic heterocycles. The summed E-state index contributed by atoms with van der Waals surface area (Å²) < 4.78 is 0. The van der Waals surface area contributed by atoms with Crippen molar-refractivity contribution < 1.29 is 0 Å². The Morgan fingerprint density at radius 1 is 1.14 bits per heavy atom. The van der Waals surface area contributed by atoms with Crippen LogP contribution >= 0.6 is 0 Å². The fraction of sp³-hybridized carbons (Fsp3) is 0.684. The molecule has 1 N–H and O–H groups in total. The fourth-order valence-electron chi connectivity index (χ4n) is 3.62. The molecule has 0 amide bonds. The van der Waals surface area contributed by atoms with Gasteiger partial charge in [0.1, 0.15) is 0 Å². The Morgan fingerprint density at radius 2 is 1.81 bits per heavy atom. The molecule has 1 atom stereocenters. The number of hydrogen-bond donors (Lipinski definition) is 1. The van der Waals surface area contributed by atoms with E-state index in [1.54, 1.807) is 0 Å². The minimum atomic E-state index is 0.445. The van der Waals surface area contributed by atoms with Crippen LogP contribution in [0.3, 0.4) is 0 Å². The van der Waals surface area contributed by atoms with Crippen LogP contribution in [0, 0.1) is 5.41 Å². The van der Waals surface area contributed by atoms with Crippen LogP contribution in [0.5, 0.6) is 0 Å². The van der Waals surface area contributed by atoms with E-state index in [9.17, 15) is 0 Å². The zero-order valence-corrected chi connectivity index (χ0v) is 14.3. The second-order valence-corrected chi connectivity index (χ2v) is 6.63. The van der Waals surface area contributed by atoms with E-state index < -0.39 is 0 Å². The Labute approximate surface area is 130 Å². The van der Waals surface area contributed by atoms with Gasteiger partial charge in [-0.05, 0) is 55.8 Å². The predicted molar refractivity (Wildman–Crippen MR) is 91.7 cm³/mol. The Morgan fingerprint density at radius 3 is 2.29 bits per heavy atom. The summed E-state index contributed by atoms with van der Waals surface area (Å²) in [6.07, 6.45) is 5.11. The second-order valence-electron chi connectivity index (χ2n) is 6.63. The van der Waals surface area contributed by atoms with Gasteiger partial charge in [-0.1, -0.05) is 45.0 Å². The van der Waals surface area contributed by atoms with Crippen molar-refractivity contribution in [1.29, 1.82) is 0 Å². The molecule has 1 aromatic rings. The van der Waals surface area contributed by atoms with E-state index in [0.29, 0.717) is 11.5 Å². The number of aryl methyl sites for hydroxylation is 1. The van der Waals surface area contributed by atoms with E-state index in [4.69, 9.17) is 0 Å². The van der Waals surface area contributed by atoms with Gasteiger partial charge in [-0.15, -0.1) is 0 Å². The SMILES string of the molecule is CCc1ccc(C(CN2CCC(CC)(CC)C2)NC)cc1. The second kappa shape index (κ2) is 7.42. The van der Waals surface area contributed by atoms with Crippen LogP contribution in [0.4, 0.5) is 0 Å². The maximum absolute atomic E-state index is 3.50. The third kappa shape index (κ3) is 3.87. The molecule has 21 heavy (non-hydrogen) atoms. The molecule has 0 saturated carbocycles. The molecule has 0 spiro atoms. The average Bonchev–Trinajstić information content (AvgIpc) is 2.96. The Balaban J connectivity index is 1.99. The molecule has 1 aliphatic rings. The molecule has 1 heterocycles. The summed E-state index contributed by atoms with van der Waals surface area (Å²) in [5.74, 6) is 0. The van der Waals surface area contributed by atoms with Crippen molar-refractivity contribution >= 4 is 0 Å². The highest BCUT2D eigenvalue weighted by molar-refractivity contribution is 5.25. The highest BCUT2D eigenvalue weighted by Gasteiger charge is 2.35. The summed E-state index contributed by atoms with van der Waals surface area (Å²) in [5.41, 5.74) is 3.41. The highest BCUT2D eigenvalue weighted by Crippen LogP contribution is 2.37. The van der Waals surface area contributed by atoms with Gasteiger partial charge >= 0.3 is 0 Å². The van der Waals surface area contributed by atoms with E-state index in [0.717, 1.165) is 13.0 Å². The predicted octanol–water partition coefficient (Wildman–Crippen LogP) is 4.02. The van der Waals surface area contributed by atoms with Crippen LogP contribution in [0.1, 0.15) is 57.2 Å². The molecule has 0 radical (unpaired) electrons. The van der Waals surface area contributed by atoms with Gasteiger partial charge in [-0.3, -0.25) is 0 Å². The molecule has 2 nitrogen and oxygen atoms in total. The van der Waals surface area contributed by atoms with Crippen LogP contribution in [0.2, 0.25) is 0 Å². The van der Waals surface area contributed by atoms with Crippen LogP contribution in [0.15, 0.2) is 24.3 Å². The topological polar surface area (TPSA) is 15.3 Å². The minimum absolute atomic E-state index is 0.445. The zero-order valence-electron chi connectivity index (χ0n) is 14.3. The van der Waals surface area contributed by atoms with Crippen molar-refractivity contribution in [3.63, 3.8) is 0 Å². The van der Waals surface area contributed by atoms with Crippen molar-refractivity contribution in [3.8, 4) is 0 Å². The van der Waals surface area contributed by atoms with Gasteiger partial charge in [0.15, 0.2) is 0 Å². The summed E-state index contributed by atoms with van der Waals surface area (Å²) in [7, 11) is 2.08. The molecule has 2 heteroatoms. The molecule has 0 bridgehead atoms. The Kier molecular flexibility index (Phi) is 5.83. The third-order valence-electron chi connectivity index (χ3n) is 5.60. The van der Waals surface area contributed by atoms with Gasteiger partial charge in [-0.25, -0.2) is 0 Å². The first-order valence-electron chi connectivity index (χ1n) is 8.64. The lowest BCUT2D eigenvalue weighted by Crippen LogP contribution is -2.34. The normalized spacial score (nSPS) is 19.8. The lowest BCUT2D eigenvalue weighted by molar-refractivity contribution is 0.227. The van der Waals surface area contributed by atoms with Crippen molar-refractivity contribution in [2.75, 3.05) is 26.7 Å². The third-order valence-corrected chi connectivity index (χ3v) is 5.60. The first-order chi connectivity index (χ1) is 10.2. The summed E-state index contributed by atoms with van der Waals surface area (Å²) >= 11 is 0. The monoisotopic (exact) mass is 288 g/mol. The molecule has 0 aromatic heterocycles. The molecule has 2 rings (SSSR count). The van der Waals surface area contributed by atoms with Gasteiger partial charge in [0.05, 0.1) is 0 Å². The maximum atomic E-state index is 3.50. The van der Waals surface area contributed by atoms with Crippen molar-refractivity contribution in [3.05, 3.63) is 35.4 Å². The summed E-state index contributed by atoms with van der Waals surface area (Å²) in [6, 6.07) is 9.57. The summed E-state index contributed by atoms with van der Waals surface area (Å²) in [6.45, 7) is 10.6. The maximum Gasteiger partial charge on any atom is 0.0446 e. The van der Waals surface area contributed by atoms with Crippen LogP contribution in [-0.2, 0) is 6.42 Å². The Bertz CT molecular complexity index is 420. The van der Waals surface area contributed by atoms with Crippen molar-refractivity contribution in [2.24, 2.45) is 5.41 Å². The van der Waals surface area contributed by atoms with Gasteiger partial charge < -0.3 is 10.2 Å². The molecule has 118 valence electrons. The van der Waals surface area contributed by atoms with Gasteiger partial charge in [0.2, 0.25) is 0 Å². The quantitative estimate of drug-likeness (QED) is 0.815. The number of nitrogens with zero attached hydrogens (tertiary/aromatic N) is 1. The van der Waals surface area contributed by atoms with E-state index in [1.807, 2.05) is 0 Å². The lowest BCUT2D eigenvalue weighted by atomic mass is 9.82. The number of benzene rings is 1. The lowest BCUT2D eigenvalue weighted by Gasteiger charge is -2.28. The largest absolute Gasteiger partial charge is 0.312 e. The first-order valence-corrected chi connectivity index (χ1v) is 8.64. The van der Waals surface area contributed by atoms with Crippen LogP contribution in [0.25, 0.3) is 0 Å². The van der Waals surface area contributed by atoms with E-state index in [-0.39, 0.29) is 0 Å². The first kappa shape index (κ1) is 16.5. The number of hydrogen-bond acceptors (Lipinski definition) is 2. The molecular weight excluding hydrogens is 256 g/mol. The molecule has 0 aliphatic carbocycles. The smallest absolute Gasteiger partial charge is 0.0446 e.